The van der Waals surface area contributed by atoms with Gasteiger partial charge in [0.25, 0.3) is 0 Å². The van der Waals surface area contributed by atoms with Crippen LogP contribution >= 0.6 is 38.9 Å². The summed E-state index contributed by atoms with van der Waals surface area (Å²) in [5.74, 6) is 0. The van der Waals surface area contributed by atoms with Crippen LogP contribution in [0.5, 0.6) is 0 Å². The SMILES string of the molecule is Clc1sc(C2CCCN2)cc1Br. The lowest BCUT2D eigenvalue weighted by atomic mass is 10.2. The lowest BCUT2D eigenvalue weighted by Gasteiger charge is -2.05. The van der Waals surface area contributed by atoms with E-state index in [1.807, 2.05) is 0 Å². The molecule has 1 fully saturated rings. The fraction of sp³-hybridized carbons (Fsp3) is 0.500. The first-order valence-corrected chi connectivity index (χ1v) is 5.94. The summed E-state index contributed by atoms with van der Waals surface area (Å²) in [6, 6.07) is 2.66. The highest BCUT2D eigenvalue weighted by Crippen LogP contribution is 2.37. The Labute approximate surface area is 89.2 Å². The maximum atomic E-state index is 5.95. The molecule has 0 aromatic carbocycles. The van der Waals surface area contributed by atoms with E-state index < -0.39 is 0 Å². The van der Waals surface area contributed by atoms with Crippen LogP contribution in [0.1, 0.15) is 23.8 Å². The maximum absolute atomic E-state index is 5.95. The van der Waals surface area contributed by atoms with Crippen LogP contribution in [-0.2, 0) is 0 Å². The van der Waals surface area contributed by atoms with Gasteiger partial charge in [0.2, 0.25) is 0 Å². The van der Waals surface area contributed by atoms with Crippen molar-refractivity contribution in [2.75, 3.05) is 6.54 Å². The Hall–Kier alpha value is 0.430. The molecule has 1 aliphatic rings. The van der Waals surface area contributed by atoms with Crippen molar-refractivity contribution in [3.8, 4) is 0 Å². The smallest absolute Gasteiger partial charge is 0.107 e. The molecular weight excluding hydrogens is 258 g/mol. The Bertz CT molecular complexity index is 261. The van der Waals surface area contributed by atoms with Gasteiger partial charge in [0, 0.05) is 15.4 Å². The highest BCUT2D eigenvalue weighted by molar-refractivity contribution is 9.10. The Morgan fingerprint density at radius 3 is 3.00 bits per heavy atom. The third-order valence-electron chi connectivity index (χ3n) is 2.07. The number of rotatable bonds is 1. The molecule has 1 saturated heterocycles. The predicted octanol–water partition coefficient (Wildman–Crippen LogP) is 3.59. The quantitative estimate of drug-likeness (QED) is 0.819. The van der Waals surface area contributed by atoms with Crippen LogP contribution in [0.15, 0.2) is 10.5 Å². The Morgan fingerprint density at radius 1 is 1.67 bits per heavy atom. The summed E-state index contributed by atoms with van der Waals surface area (Å²) in [6.07, 6.45) is 2.51. The molecule has 4 heteroatoms. The fourth-order valence-corrected chi connectivity index (χ4v) is 3.31. The van der Waals surface area contributed by atoms with Crippen molar-refractivity contribution in [1.82, 2.24) is 5.32 Å². The summed E-state index contributed by atoms with van der Waals surface area (Å²) in [4.78, 5) is 1.35. The Balaban J connectivity index is 2.21. The highest BCUT2D eigenvalue weighted by Gasteiger charge is 2.18. The first kappa shape index (κ1) is 9.00. The predicted molar refractivity (Wildman–Crippen MR) is 57.0 cm³/mol. The van der Waals surface area contributed by atoms with Crippen LogP contribution in [0.3, 0.4) is 0 Å². The molecule has 2 heterocycles. The standard InChI is InChI=1S/C8H9BrClNS/c9-5-4-7(12-8(5)10)6-2-1-3-11-6/h4,6,11H,1-3H2. The van der Waals surface area contributed by atoms with Crippen molar-refractivity contribution < 1.29 is 0 Å². The zero-order valence-electron chi connectivity index (χ0n) is 6.44. The molecule has 1 aromatic rings. The normalized spacial score (nSPS) is 23.3. The molecule has 0 radical (unpaired) electrons. The molecule has 0 aliphatic carbocycles. The molecule has 66 valence electrons. The van der Waals surface area contributed by atoms with Crippen molar-refractivity contribution in [2.24, 2.45) is 0 Å². The van der Waals surface area contributed by atoms with Gasteiger partial charge in [-0.05, 0) is 41.4 Å². The number of halogens is 2. The minimum atomic E-state index is 0.541. The van der Waals surface area contributed by atoms with E-state index in [-0.39, 0.29) is 0 Å². The number of nitrogens with one attached hydrogen (secondary N) is 1. The highest BCUT2D eigenvalue weighted by atomic mass is 79.9. The van der Waals surface area contributed by atoms with E-state index in [0.29, 0.717) is 6.04 Å². The molecule has 1 atom stereocenters. The van der Waals surface area contributed by atoms with E-state index in [2.05, 4.69) is 27.3 Å². The first-order valence-electron chi connectivity index (χ1n) is 3.95. The van der Waals surface area contributed by atoms with E-state index in [1.165, 1.54) is 17.7 Å². The molecule has 0 bridgehead atoms. The van der Waals surface area contributed by atoms with Crippen molar-refractivity contribution >= 4 is 38.9 Å². The molecule has 1 unspecified atom stereocenters. The zero-order chi connectivity index (χ0) is 8.55. The van der Waals surface area contributed by atoms with Gasteiger partial charge in [-0.15, -0.1) is 11.3 Å². The third kappa shape index (κ3) is 1.69. The maximum Gasteiger partial charge on any atom is 0.107 e. The molecule has 1 aliphatic heterocycles. The number of thiophene rings is 1. The van der Waals surface area contributed by atoms with Gasteiger partial charge in [-0.25, -0.2) is 0 Å². The van der Waals surface area contributed by atoms with Gasteiger partial charge in [0.1, 0.15) is 4.34 Å². The minimum Gasteiger partial charge on any atom is -0.309 e. The van der Waals surface area contributed by atoms with Crippen molar-refractivity contribution in [1.29, 1.82) is 0 Å². The summed E-state index contributed by atoms with van der Waals surface area (Å²) >= 11 is 11.0. The third-order valence-corrected chi connectivity index (χ3v) is 4.66. The van der Waals surface area contributed by atoms with Gasteiger partial charge in [-0.1, -0.05) is 11.6 Å². The molecule has 1 N–H and O–H groups in total. The van der Waals surface area contributed by atoms with Gasteiger partial charge < -0.3 is 5.32 Å². The molecular formula is C8H9BrClNS. The van der Waals surface area contributed by atoms with Crippen LogP contribution < -0.4 is 5.32 Å². The Kier molecular flexibility index (Phi) is 2.75. The van der Waals surface area contributed by atoms with E-state index in [1.54, 1.807) is 11.3 Å². The topological polar surface area (TPSA) is 12.0 Å². The molecule has 2 rings (SSSR count). The van der Waals surface area contributed by atoms with E-state index >= 15 is 0 Å². The fourth-order valence-electron chi connectivity index (χ4n) is 1.46. The lowest BCUT2D eigenvalue weighted by molar-refractivity contribution is 0.659. The summed E-state index contributed by atoms with van der Waals surface area (Å²) < 4.78 is 1.89. The van der Waals surface area contributed by atoms with Crippen LogP contribution in [0, 0.1) is 0 Å². The van der Waals surface area contributed by atoms with Crippen LogP contribution in [0.25, 0.3) is 0 Å². The molecule has 1 aromatic heterocycles. The van der Waals surface area contributed by atoms with E-state index in [0.717, 1.165) is 15.4 Å². The molecule has 0 saturated carbocycles. The minimum absolute atomic E-state index is 0.541. The average Bonchev–Trinajstić information content (AvgIpc) is 2.61. The van der Waals surface area contributed by atoms with Crippen molar-refractivity contribution in [3.05, 3.63) is 19.8 Å². The van der Waals surface area contributed by atoms with Crippen LogP contribution in [0.2, 0.25) is 4.34 Å². The molecule has 0 amide bonds. The second-order valence-electron chi connectivity index (χ2n) is 2.92. The van der Waals surface area contributed by atoms with Gasteiger partial charge in [-0.3, -0.25) is 0 Å². The summed E-state index contributed by atoms with van der Waals surface area (Å²) in [6.45, 7) is 1.14. The first-order chi connectivity index (χ1) is 5.77. The van der Waals surface area contributed by atoms with E-state index in [4.69, 9.17) is 11.6 Å². The van der Waals surface area contributed by atoms with Gasteiger partial charge in [-0.2, -0.15) is 0 Å². The zero-order valence-corrected chi connectivity index (χ0v) is 9.60. The number of hydrogen-bond acceptors (Lipinski definition) is 2. The average molecular weight is 267 g/mol. The summed E-state index contributed by atoms with van der Waals surface area (Å²) in [5.41, 5.74) is 0. The molecule has 12 heavy (non-hydrogen) atoms. The van der Waals surface area contributed by atoms with E-state index in [9.17, 15) is 0 Å². The van der Waals surface area contributed by atoms with Crippen molar-refractivity contribution in [3.63, 3.8) is 0 Å². The van der Waals surface area contributed by atoms with Crippen LogP contribution in [-0.4, -0.2) is 6.54 Å². The molecule has 0 spiro atoms. The van der Waals surface area contributed by atoms with Gasteiger partial charge >= 0.3 is 0 Å². The second kappa shape index (κ2) is 3.66. The van der Waals surface area contributed by atoms with Gasteiger partial charge in [0.05, 0.1) is 0 Å². The molecule has 1 nitrogen and oxygen atoms in total. The Morgan fingerprint density at radius 2 is 2.50 bits per heavy atom. The second-order valence-corrected chi connectivity index (χ2v) is 5.46. The number of hydrogen-bond donors (Lipinski definition) is 1. The summed E-state index contributed by atoms with van der Waals surface area (Å²) in [7, 11) is 0. The lowest BCUT2D eigenvalue weighted by Crippen LogP contribution is -2.11. The largest absolute Gasteiger partial charge is 0.309 e. The van der Waals surface area contributed by atoms with Crippen molar-refractivity contribution in [2.45, 2.75) is 18.9 Å². The monoisotopic (exact) mass is 265 g/mol. The van der Waals surface area contributed by atoms with Gasteiger partial charge in [0.15, 0.2) is 0 Å². The summed E-state index contributed by atoms with van der Waals surface area (Å²) in [5, 5.41) is 3.44. The van der Waals surface area contributed by atoms with Crippen LogP contribution in [0.4, 0.5) is 0 Å².